The van der Waals surface area contributed by atoms with Crippen molar-refractivity contribution in [1.29, 1.82) is 0 Å². The van der Waals surface area contributed by atoms with Crippen molar-refractivity contribution >= 4 is 22.0 Å². The van der Waals surface area contributed by atoms with E-state index < -0.39 is 27.6 Å². The Hall–Kier alpha value is -2.17. The molecule has 9 nitrogen and oxygen atoms in total. The number of hydrogen-bond acceptors (Lipinski definition) is 5. The number of benzene rings is 1. The molecule has 2 aliphatic rings. The zero-order chi connectivity index (χ0) is 23.9. The lowest BCUT2D eigenvalue weighted by atomic mass is 9.82. The van der Waals surface area contributed by atoms with E-state index in [-0.39, 0.29) is 24.7 Å². The topological polar surface area (TPSA) is 128 Å². The molecule has 1 aromatic rings. The zero-order valence-electron chi connectivity index (χ0n) is 19.3. The maximum atomic E-state index is 12.9. The van der Waals surface area contributed by atoms with Crippen LogP contribution in [0.15, 0.2) is 30.3 Å². The third kappa shape index (κ3) is 6.45. The number of nitrogens with zero attached hydrogens (tertiary/aromatic N) is 1. The first-order valence-electron chi connectivity index (χ1n) is 11.8. The zero-order valence-corrected chi connectivity index (χ0v) is 20.1. The summed E-state index contributed by atoms with van der Waals surface area (Å²) in [5.74, 6) is -0.874. The van der Waals surface area contributed by atoms with Gasteiger partial charge in [0.05, 0.1) is 11.3 Å². The lowest BCUT2D eigenvalue weighted by Crippen LogP contribution is -2.53. The van der Waals surface area contributed by atoms with Gasteiger partial charge in [-0.05, 0) is 50.3 Å². The highest BCUT2D eigenvalue weighted by atomic mass is 32.2. The van der Waals surface area contributed by atoms with Gasteiger partial charge in [0, 0.05) is 19.5 Å². The number of carboxylic acids is 1. The molecule has 0 aromatic heterocycles. The Kier molecular flexibility index (Phi) is 8.72. The van der Waals surface area contributed by atoms with Crippen molar-refractivity contribution in [1.82, 2.24) is 20.3 Å². The van der Waals surface area contributed by atoms with E-state index in [4.69, 9.17) is 0 Å². The Bertz CT molecular complexity index is 905. The fourth-order valence-corrected chi connectivity index (χ4v) is 6.24. The fraction of sp³-hybridized carbons (Fsp3) is 0.652. The summed E-state index contributed by atoms with van der Waals surface area (Å²) >= 11 is 0. The van der Waals surface area contributed by atoms with Gasteiger partial charge in [-0.1, -0.05) is 43.7 Å². The molecule has 2 amide bonds. The molecule has 0 saturated carbocycles. The van der Waals surface area contributed by atoms with E-state index in [0.717, 1.165) is 37.9 Å². The Morgan fingerprint density at radius 2 is 1.97 bits per heavy atom. The third-order valence-corrected chi connectivity index (χ3v) is 8.22. The summed E-state index contributed by atoms with van der Waals surface area (Å²) in [6.45, 7) is 4.51. The smallest absolute Gasteiger partial charge is 0.321 e. The molecule has 33 heavy (non-hydrogen) atoms. The Labute approximate surface area is 196 Å². The third-order valence-electron chi connectivity index (χ3n) is 6.75. The van der Waals surface area contributed by atoms with E-state index in [1.165, 1.54) is 0 Å². The van der Waals surface area contributed by atoms with Gasteiger partial charge >= 0.3 is 12.0 Å². The first-order chi connectivity index (χ1) is 15.8. The summed E-state index contributed by atoms with van der Waals surface area (Å²) in [4.78, 5) is 26.8. The minimum atomic E-state index is -3.76. The Balaban J connectivity index is 1.88. The molecule has 2 unspecified atom stereocenters. The minimum Gasteiger partial charge on any atom is -0.480 e. The SMILES string of the molecule is CCCCS(=O)(=O)NC(CC1(c2ccccc2)CNC(=O)N1CCC1CCNCC1)C(=O)O. The van der Waals surface area contributed by atoms with Gasteiger partial charge in [0.15, 0.2) is 0 Å². The summed E-state index contributed by atoms with van der Waals surface area (Å²) in [6, 6.07) is 7.73. The van der Waals surface area contributed by atoms with Gasteiger partial charge in [0.25, 0.3) is 0 Å². The molecule has 2 saturated heterocycles. The lowest BCUT2D eigenvalue weighted by molar-refractivity contribution is -0.139. The molecule has 1 aromatic carbocycles. The van der Waals surface area contributed by atoms with Gasteiger partial charge in [-0.25, -0.2) is 17.9 Å². The Morgan fingerprint density at radius 1 is 1.27 bits per heavy atom. The molecule has 2 atom stereocenters. The molecule has 10 heteroatoms. The number of hydrogen-bond donors (Lipinski definition) is 4. The van der Waals surface area contributed by atoms with Crippen LogP contribution in [0.2, 0.25) is 0 Å². The number of carbonyl (C=O) groups excluding carboxylic acids is 1. The number of aliphatic carboxylic acids is 1. The minimum absolute atomic E-state index is 0.0529. The quantitative estimate of drug-likeness (QED) is 0.362. The second kappa shape index (κ2) is 11.3. The van der Waals surface area contributed by atoms with Crippen LogP contribution in [-0.2, 0) is 20.4 Å². The van der Waals surface area contributed by atoms with Crippen LogP contribution in [0.4, 0.5) is 4.79 Å². The monoisotopic (exact) mass is 480 g/mol. The number of amides is 2. The van der Waals surface area contributed by atoms with Crippen molar-refractivity contribution in [3.05, 3.63) is 35.9 Å². The molecular formula is C23H36N4O5S. The molecule has 0 spiro atoms. The molecule has 184 valence electrons. The average molecular weight is 481 g/mol. The second-order valence-corrected chi connectivity index (χ2v) is 10.9. The van der Waals surface area contributed by atoms with Crippen LogP contribution in [0.3, 0.4) is 0 Å². The summed E-state index contributed by atoms with van der Waals surface area (Å²) < 4.78 is 27.4. The number of piperidine rings is 1. The summed E-state index contributed by atoms with van der Waals surface area (Å²) in [5.41, 5.74) is -0.158. The second-order valence-electron chi connectivity index (χ2n) is 9.08. The number of rotatable bonds is 12. The number of carboxylic acid groups (broad SMARTS) is 1. The number of sulfonamides is 1. The average Bonchev–Trinajstić information content (AvgIpc) is 3.13. The molecule has 4 N–H and O–H groups in total. The number of carbonyl (C=O) groups is 2. The van der Waals surface area contributed by atoms with Crippen molar-refractivity contribution in [3.8, 4) is 0 Å². The maximum Gasteiger partial charge on any atom is 0.321 e. The standard InChI is InChI=1S/C23H36N4O5S/c1-2-3-15-33(31,32)26-20(21(28)29)16-23(19-7-5-4-6-8-19)17-25-22(30)27(23)14-11-18-9-12-24-13-10-18/h4-8,18,20,24,26H,2-3,9-17H2,1H3,(H,25,30)(H,28,29). The fourth-order valence-electron chi connectivity index (χ4n) is 4.84. The number of nitrogens with one attached hydrogen (secondary N) is 3. The highest BCUT2D eigenvalue weighted by molar-refractivity contribution is 7.89. The van der Waals surface area contributed by atoms with Crippen LogP contribution in [-0.4, -0.2) is 68.4 Å². The van der Waals surface area contributed by atoms with E-state index in [9.17, 15) is 23.1 Å². The molecule has 3 rings (SSSR count). The molecular weight excluding hydrogens is 444 g/mol. The van der Waals surface area contributed by atoms with Crippen molar-refractivity contribution < 1.29 is 23.1 Å². The van der Waals surface area contributed by atoms with E-state index in [2.05, 4.69) is 15.4 Å². The van der Waals surface area contributed by atoms with Gasteiger partial charge in [-0.15, -0.1) is 0 Å². The van der Waals surface area contributed by atoms with Crippen LogP contribution in [0.5, 0.6) is 0 Å². The molecule has 0 radical (unpaired) electrons. The van der Waals surface area contributed by atoms with Crippen molar-refractivity contribution in [3.63, 3.8) is 0 Å². The summed E-state index contributed by atoms with van der Waals surface area (Å²) in [7, 11) is -3.76. The first-order valence-corrected chi connectivity index (χ1v) is 13.5. The van der Waals surface area contributed by atoms with Crippen molar-refractivity contribution in [2.24, 2.45) is 5.92 Å². The van der Waals surface area contributed by atoms with Crippen molar-refractivity contribution in [2.45, 2.75) is 57.0 Å². The Morgan fingerprint density at radius 3 is 2.61 bits per heavy atom. The van der Waals surface area contributed by atoms with Gasteiger partial charge in [0.1, 0.15) is 6.04 Å². The van der Waals surface area contributed by atoms with Crippen LogP contribution >= 0.6 is 0 Å². The molecule has 2 fully saturated rings. The molecule has 0 bridgehead atoms. The predicted molar refractivity (Wildman–Crippen MR) is 126 cm³/mol. The number of unbranched alkanes of at least 4 members (excludes halogenated alkanes) is 1. The predicted octanol–water partition coefficient (Wildman–Crippen LogP) is 1.86. The highest BCUT2D eigenvalue weighted by Crippen LogP contribution is 2.37. The van der Waals surface area contributed by atoms with E-state index in [1.807, 2.05) is 37.3 Å². The van der Waals surface area contributed by atoms with Gasteiger partial charge in [-0.3, -0.25) is 4.79 Å². The number of urea groups is 1. The highest BCUT2D eigenvalue weighted by Gasteiger charge is 2.49. The maximum absolute atomic E-state index is 12.9. The van der Waals surface area contributed by atoms with E-state index in [1.54, 1.807) is 4.90 Å². The van der Waals surface area contributed by atoms with Crippen LogP contribution in [0.1, 0.15) is 51.0 Å². The summed E-state index contributed by atoms with van der Waals surface area (Å²) in [5, 5.41) is 16.1. The van der Waals surface area contributed by atoms with Crippen LogP contribution in [0, 0.1) is 5.92 Å². The van der Waals surface area contributed by atoms with Crippen LogP contribution in [0.25, 0.3) is 0 Å². The lowest BCUT2D eigenvalue weighted by Gasteiger charge is -2.40. The molecule has 2 aliphatic heterocycles. The van der Waals surface area contributed by atoms with Gasteiger partial charge < -0.3 is 20.6 Å². The molecule has 0 aliphatic carbocycles. The van der Waals surface area contributed by atoms with Gasteiger partial charge in [-0.2, -0.15) is 0 Å². The van der Waals surface area contributed by atoms with E-state index in [0.29, 0.717) is 25.3 Å². The largest absolute Gasteiger partial charge is 0.480 e. The summed E-state index contributed by atoms with van der Waals surface area (Å²) in [6.07, 6.45) is 4.00. The first kappa shape index (κ1) is 25.5. The van der Waals surface area contributed by atoms with Gasteiger partial charge in [0.2, 0.25) is 10.0 Å². The van der Waals surface area contributed by atoms with Crippen molar-refractivity contribution in [2.75, 3.05) is 31.9 Å². The van der Waals surface area contributed by atoms with E-state index >= 15 is 0 Å². The normalized spacial score (nSPS) is 22.8. The molecule has 2 heterocycles. The van der Waals surface area contributed by atoms with Crippen LogP contribution < -0.4 is 15.4 Å².